The first-order chi connectivity index (χ1) is 19.7. The van der Waals surface area contributed by atoms with Gasteiger partial charge in [-0.25, -0.2) is 9.59 Å². The van der Waals surface area contributed by atoms with Crippen LogP contribution in [0.15, 0.2) is 57.7 Å². The lowest BCUT2D eigenvalue weighted by Crippen LogP contribution is -2.49. The number of nitrogens with two attached hydrogens (primary N) is 1. The number of anilines is 3. The molecule has 0 atom stereocenters. The maximum atomic E-state index is 13.5. The number of ether oxygens (including phenoxy) is 1. The molecule has 41 heavy (non-hydrogen) atoms. The van der Waals surface area contributed by atoms with Crippen LogP contribution >= 0.6 is 0 Å². The lowest BCUT2D eigenvalue weighted by molar-refractivity contribution is 0.103. The fourth-order valence-corrected chi connectivity index (χ4v) is 6.09. The fourth-order valence-electron chi connectivity index (χ4n) is 6.09. The molecule has 0 saturated carbocycles. The maximum absolute atomic E-state index is 13.5. The summed E-state index contributed by atoms with van der Waals surface area (Å²) in [6.07, 6.45) is 2.35. The van der Waals surface area contributed by atoms with Crippen molar-refractivity contribution in [2.24, 2.45) is 7.05 Å². The van der Waals surface area contributed by atoms with Gasteiger partial charge in [-0.1, -0.05) is 0 Å². The van der Waals surface area contributed by atoms with Crippen molar-refractivity contribution in [1.82, 2.24) is 9.47 Å². The second kappa shape index (κ2) is 10.3. The molecule has 0 spiro atoms. The van der Waals surface area contributed by atoms with Gasteiger partial charge in [0, 0.05) is 60.9 Å². The van der Waals surface area contributed by atoms with Crippen molar-refractivity contribution in [3.8, 4) is 5.75 Å². The molecule has 0 aliphatic carbocycles. The number of rotatable bonds is 5. The number of piperidine rings is 1. The van der Waals surface area contributed by atoms with Crippen molar-refractivity contribution in [2.75, 3.05) is 42.7 Å². The number of nitrogen functional groups attached to an aromatic ring is 1. The number of nitrogens with one attached hydrogen (secondary N) is 1. The molecule has 0 bridgehead atoms. The summed E-state index contributed by atoms with van der Waals surface area (Å²) in [5.74, 6) is 0.120. The first kappa shape index (κ1) is 26.5. The van der Waals surface area contributed by atoms with Crippen molar-refractivity contribution >= 4 is 40.0 Å². The summed E-state index contributed by atoms with van der Waals surface area (Å²) >= 11 is 0. The molecular weight excluding hydrogens is 522 g/mol. The van der Waals surface area contributed by atoms with Gasteiger partial charge in [0.2, 0.25) is 0 Å². The summed E-state index contributed by atoms with van der Waals surface area (Å²) < 4.78 is 12.1. The molecule has 2 aliphatic rings. The third-order valence-electron chi connectivity index (χ3n) is 8.24. The number of aryl methyl sites for hydroxylation is 2. The van der Waals surface area contributed by atoms with E-state index in [4.69, 9.17) is 14.9 Å². The highest BCUT2D eigenvalue weighted by Gasteiger charge is 2.30. The molecule has 10 heteroatoms. The Kier molecular flexibility index (Phi) is 6.69. The molecule has 6 rings (SSSR count). The van der Waals surface area contributed by atoms with Crippen LogP contribution in [-0.2, 0) is 13.5 Å². The third-order valence-corrected chi connectivity index (χ3v) is 8.24. The molecule has 4 aromatic rings. The van der Waals surface area contributed by atoms with Gasteiger partial charge in [-0.3, -0.25) is 9.36 Å². The minimum absolute atomic E-state index is 0.0780. The predicted molar refractivity (Wildman–Crippen MR) is 158 cm³/mol. The van der Waals surface area contributed by atoms with Gasteiger partial charge >= 0.3 is 11.8 Å². The molecule has 1 fully saturated rings. The second-order valence-electron chi connectivity index (χ2n) is 10.8. The molecule has 3 N–H and O–H groups in total. The van der Waals surface area contributed by atoms with Crippen molar-refractivity contribution in [2.45, 2.75) is 32.2 Å². The highest BCUT2D eigenvalue weighted by molar-refractivity contribution is 6.11. The molecule has 3 aromatic carbocycles. The number of hydrogen-bond acceptors (Lipinski definition) is 7. The van der Waals surface area contributed by atoms with E-state index in [2.05, 4.69) is 10.2 Å². The first-order valence-electron chi connectivity index (χ1n) is 13.8. The Morgan fingerprint density at radius 3 is 2.54 bits per heavy atom. The van der Waals surface area contributed by atoms with E-state index in [0.29, 0.717) is 34.5 Å². The summed E-state index contributed by atoms with van der Waals surface area (Å²) in [7, 11) is 3.28. The second-order valence-corrected chi connectivity index (χ2v) is 10.8. The zero-order chi connectivity index (χ0) is 28.8. The number of fused-ring (bicyclic) bond motifs is 2. The van der Waals surface area contributed by atoms with Crippen LogP contribution in [0, 0.1) is 6.92 Å². The van der Waals surface area contributed by atoms with Gasteiger partial charge in [-0.05, 0) is 85.8 Å². The van der Waals surface area contributed by atoms with Crippen LogP contribution in [-0.4, -0.2) is 54.1 Å². The van der Waals surface area contributed by atoms with Crippen LogP contribution in [0.1, 0.15) is 39.9 Å². The van der Waals surface area contributed by atoms with Crippen LogP contribution < -0.4 is 26.4 Å². The quantitative estimate of drug-likeness (QED) is 0.278. The van der Waals surface area contributed by atoms with E-state index >= 15 is 0 Å². The summed E-state index contributed by atoms with van der Waals surface area (Å²) in [6.45, 7) is 3.95. The monoisotopic (exact) mass is 555 g/mol. The minimum atomic E-state index is -0.468. The minimum Gasteiger partial charge on any atom is -0.497 e. The summed E-state index contributed by atoms with van der Waals surface area (Å²) in [5, 5.41) is 3.06. The largest absolute Gasteiger partial charge is 0.497 e. The number of carbonyl (C=O) groups is 2. The molecule has 0 unspecified atom stereocenters. The maximum Gasteiger partial charge on any atom is 0.419 e. The Bertz CT molecular complexity index is 1730. The summed E-state index contributed by atoms with van der Waals surface area (Å²) in [5.41, 5.74) is 12.3. The van der Waals surface area contributed by atoms with Gasteiger partial charge in [-0.2, -0.15) is 0 Å². The molecule has 2 aliphatic heterocycles. The van der Waals surface area contributed by atoms with Crippen molar-refractivity contribution in [3.63, 3.8) is 0 Å². The van der Waals surface area contributed by atoms with Crippen LogP contribution in [0.5, 0.6) is 5.75 Å². The Balaban J connectivity index is 1.17. The molecule has 3 heterocycles. The lowest BCUT2D eigenvalue weighted by atomic mass is 9.98. The van der Waals surface area contributed by atoms with Crippen LogP contribution in [0.4, 0.5) is 21.9 Å². The molecule has 1 saturated heterocycles. The number of methoxy groups -OCH3 is 1. The Morgan fingerprint density at radius 1 is 1.02 bits per heavy atom. The average molecular weight is 556 g/mol. The Morgan fingerprint density at radius 2 is 1.78 bits per heavy atom. The molecule has 0 radical (unpaired) electrons. The standard InChI is InChI=1S/C31H33N5O5/c1-18-12-20(16-27-28(18)34(2)31(39)41-27)29(37)21-13-22(32)17-24(14-21)35-9-7-23(8-10-35)36-11-6-19-15-25(40-3)4-5-26(19)33-30(36)38/h4-5,12-17,23H,6-11,32H2,1-3H3,(H,33,38). The van der Waals surface area contributed by atoms with Gasteiger partial charge in [0.25, 0.3) is 0 Å². The zero-order valence-electron chi connectivity index (χ0n) is 23.4. The summed E-state index contributed by atoms with van der Waals surface area (Å²) in [6, 6.07) is 14.6. The number of benzene rings is 3. The van der Waals surface area contributed by atoms with Crippen LogP contribution in [0.2, 0.25) is 0 Å². The molecule has 10 nitrogen and oxygen atoms in total. The van der Waals surface area contributed by atoms with E-state index in [1.54, 1.807) is 32.4 Å². The SMILES string of the molecule is COc1ccc2c(c1)CCN(C1CCN(c3cc(N)cc(C(=O)c4cc(C)c5c(c4)oc(=O)n5C)c3)CC1)C(=O)N2. The van der Waals surface area contributed by atoms with Crippen molar-refractivity contribution in [1.29, 1.82) is 0 Å². The van der Waals surface area contributed by atoms with Crippen molar-refractivity contribution < 1.29 is 18.7 Å². The number of nitrogens with zero attached hydrogens (tertiary/aromatic N) is 3. The third kappa shape index (κ3) is 4.90. The van der Waals surface area contributed by atoms with Crippen LogP contribution in [0.3, 0.4) is 0 Å². The number of ketones is 1. The summed E-state index contributed by atoms with van der Waals surface area (Å²) in [4.78, 5) is 42.8. The van der Waals surface area contributed by atoms with Crippen molar-refractivity contribution in [3.05, 3.63) is 81.3 Å². The Labute approximate surface area is 237 Å². The van der Waals surface area contributed by atoms with Gasteiger partial charge in [-0.15, -0.1) is 0 Å². The van der Waals surface area contributed by atoms with Gasteiger partial charge < -0.3 is 30.0 Å². The van der Waals surface area contributed by atoms with E-state index in [0.717, 1.165) is 60.6 Å². The average Bonchev–Trinajstić information content (AvgIpc) is 3.15. The van der Waals surface area contributed by atoms with Gasteiger partial charge in [0.05, 0.1) is 12.6 Å². The molecular formula is C31H33N5O5. The number of aromatic nitrogens is 1. The van der Waals surface area contributed by atoms with E-state index in [1.165, 1.54) is 4.57 Å². The normalized spacial score (nSPS) is 15.9. The number of hydrogen-bond donors (Lipinski definition) is 2. The number of urea groups is 1. The smallest absolute Gasteiger partial charge is 0.419 e. The van der Waals surface area contributed by atoms with E-state index in [9.17, 15) is 14.4 Å². The van der Waals surface area contributed by atoms with Gasteiger partial charge in [0.1, 0.15) is 5.75 Å². The predicted octanol–water partition coefficient (Wildman–Crippen LogP) is 4.32. The zero-order valence-corrected chi connectivity index (χ0v) is 23.4. The van der Waals surface area contributed by atoms with Crippen LogP contribution in [0.25, 0.3) is 11.1 Å². The highest BCUT2D eigenvalue weighted by atomic mass is 16.5. The topological polar surface area (TPSA) is 123 Å². The van der Waals surface area contributed by atoms with E-state index in [1.807, 2.05) is 42.2 Å². The lowest BCUT2D eigenvalue weighted by Gasteiger charge is -2.39. The molecule has 2 amide bonds. The van der Waals surface area contributed by atoms with E-state index in [-0.39, 0.29) is 17.9 Å². The number of carbonyl (C=O) groups excluding carboxylic acids is 2. The van der Waals surface area contributed by atoms with E-state index < -0.39 is 5.76 Å². The first-order valence-corrected chi connectivity index (χ1v) is 13.8. The fraction of sp³-hybridized carbons (Fsp3) is 0.323. The van der Waals surface area contributed by atoms with Gasteiger partial charge in [0.15, 0.2) is 11.4 Å². The molecule has 1 aromatic heterocycles. The number of amides is 2. The number of oxazole rings is 1. The molecule has 212 valence electrons. The highest BCUT2D eigenvalue weighted by Crippen LogP contribution is 2.31. The Hall–Kier alpha value is -4.73.